The Morgan fingerprint density at radius 2 is 2.05 bits per heavy atom. The first-order valence-corrected chi connectivity index (χ1v) is 7.42. The number of anilines is 1. The molecule has 1 heterocycles. The lowest BCUT2D eigenvalue weighted by Gasteiger charge is -2.21. The summed E-state index contributed by atoms with van der Waals surface area (Å²) in [5.74, 6) is -0.109. The Kier molecular flexibility index (Phi) is 5.94. The molecule has 0 saturated carbocycles. The van der Waals surface area contributed by atoms with Crippen LogP contribution >= 0.6 is 11.3 Å². The molecule has 0 bridgehead atoms. The molecule has 0 spiro atoms. The zero-order valence-electron chi connectivity index (χ0n) is 12.1. The summed E-state index contributed by atoms with van der Waals surface area (Å²) in [5, 5.41) is 14.3. The van der Waals surface area contributed by atoms with E-state index < -0.39 is 12.1 Å². The molecule has 0 radical (unpaired) electrons. The summed E-state index contributed by atoms with van der Waals surface area (Å²) < 4.78 is 0. The lowest BCUT2D eigenvalue weighted by molar-refractivity contribution is -0.119. The molecule has 2 atom stereocenters. The Bertz CT molecular complexity index is 473. The molecule has 3 N–H and O–H groups in total. The Hall–Kier alpha value is -1.63. The van der Waals surface area contributed by atoms with Crippen molar-refractivity contribution in [3.05, 3.63) is 11.1 Å². The number of nitrogens with one attached hydrogen (secondary N) is 2. The largest absolute Gasteiger partial charge is 0.465 e. The van der Waals surface area contributed by atoms with Crippen molar-refractivity contribution in [2.45, 2.75) is 46.1 Å². The molecule has 0 aromatic carbocycles. The smallest absolute Gasteiger partial charge is 0.405 e. The minimum atomic E-state index is -1.20. The highest BCUT2D eigenvalue weighted by Crippen LogP contribution is 2.25. The molecule has 0 aliphatic carbocycles. The molecule has 6 nitrogen and oxygen atoms in total. The van der Waals surface area contributed by atoms with E-state index in [1.54, 1.807) is 6.20 Å². The molecule has 0 aliphatic heterocycles. The molecule has 1 rings (SSSR count). The van der Waals surface area contributed by atoms with Gasteiger partial charge >= 0.3 is 6.09 Å². The first-order chi connectivity index (χ1) is 9.35. The predicted octanol–water partition coefficient (Wildman–Crippen LogP) is 2.89. The van der Waals surface area contributed by atoms with E-state index in [4.69, 9.17) is 5.11 Å². The summed E-state index contributed by atoms with van der Waals surface area (Å²) in [6, 6.07) is -0.774. The molecule has 112 valence electrons. The van der Waals surface area contributed by atoms with E-state index in [1.807, 2.05) is 27.7 Å². The zero-order chi connectivity index (χ0) is 15.3. The van der Waals surface area contributed by atoms with Crippen LogP contribution in [-0.2, 0) is 4.79 Å². The molecular formula is C13H21N3O3S. The Balaban J connectivity index is 2.76. The number of carbonyl (C=O) groups excluding carboxylic acids is 1. The first-order valence-electron chi connectivity index (χ1n) is 6.61. The molecule has 0 unspecified atom stereocenters. The Labute approximate surface area is 122 Å². The van der Waals surface area contributed by atoms with E-state index in [-0.39, 0.29) is 11.8 Å². The molecule has 1 aromatic heterocycles. The number of hydrogen-bond acceptors (Lipinski definition) is 4. The van der Waals surface area contributed by atoms with Crippen LogP contribution in [-0.4, -0.2) is 28.1 Å². The summed E-state index contributed by atoms with van der Waals surface area (Å²) in [6.45, 7) is 7.84. The highest BCUT2D eigenvalue weighted by molar-refractivity contribution is 7.15. The monoisotopic (exact) mass is 299 g/mol. The van der Waals surface area contributed by atoms with Gasteiger partial charge in [-0.05, 0) is 11.8 Å². The van der Waals surface area contributed by atoms with Crippen LogP contribution in [0.5, 0.6) is 0 Å². The number of carbonyl (C=O) groups is 2. The highest BCUT2D eigenvalue weighted by Gasteiger charge is 2.26. The molecule has 0 aliphatic rings. The van der Waals surface area contributed by atoms with Crippen molar-refractivity contribution in [1.29, 1.82) is 0 Å². The second kappa shape index (κ2) is 7.23. The van der Waals surface area contributed by atoms with Crippen LogP contribution < -0.4 is 10.6 Å². The third-order valence-corrected chi connectivity index (χ3v) is 4.31. The SMILES string of the molecule is CC[C@H](C)[C@H](NC(=O)O)C(=O)Nc1ncc(C(C)C)s1. The van der Waals surface area contributed by atoms with Gasteiger partial charge in [0.1, 0.15) is 6.04 Å². The fraction of sp³-hybridized carbons (Fsp3) is 0.615. The average Bonchev–Trinajstić information content (AvgIpc) is 2.83. The summed E-state index contributed by atoms with van der Waals surface area (Å²) in [4.78, 5) is 28.1. The van der Waals surface area contributed by atoms with E-state index in [2.05, 4.69) is 15.6 Å². The standard InChI is InChI=1S/C13H21N3O3S/c1-5-8(4)10(15-13(18)19)11(17)16-12-14-6-9(20-12)7(2)3/h6-8,10,15H,5H2,1-4H3,(H,18,19)(H,14,16,17)/t8-,10-/m0/s1. The quantitative estimate of drug-likeness (QED) is 0.753. The predicted molar refractivity (Wildman–Crippen MR) is 79.2 cm³/mol. The van der Waals surface area contributed by atoms with Crippen molar-refractivity contribution in [2.24, 2.45) is 5.92 Å². The van der Waals surface area contributed by atoms with Gasteiger partial charge in [0.05, 0.1) is 0 Å². The summed E-state index contributed by atoms with van der Waals surface area (Å²) in [6.07, 6.45) is 1.23. The highest BCUT2D eigenvalue weighted by atomic mass is 32.1. The minimum Gasteiger partial charge on any atom is -0.465 e. The van der Waals surface area contributed by atoms with Gasteiger partial charge in [-0.2, -0.15) is 0 Å². The van der Waals surface area contributed by atoms with Crippen molar-refractivity contribution in [2.75, 3.05) is 5.32 Å². The van der Waals surface area contributed by atoms with Crippen molar-refractivity contribution in [3.8, 4) is 0 Å². The molecule has 2 amide bonds. The number of aromatic nitrogens is 1. The number of hydrogen-bond donors (Lipinski definition) is 3. The van der Waals surface area contributed by atoms with E-state index in [9.17, 15) is 9.59 Å². The van der Waals surface area contributed by atoms with Gasteiger partial charge in [0.15, 0.2) is 5.13 Å². The van der Waals surface area contributed by atoms with Gasteiger partial charge in [0, 0.05) is 11.1 Å². The van der Waals surface area contributed by atoms with Crippen molar-refractivity contribution >= 4 is 28.5 Å². The fourth-order valence-corrected chi connectivity index (χ4v) is 2.45. The third kappa shape index (κ3) is 4.48. The van der Waals surface area contributed by atoms with Crippen LogP contribution in [0.1, 0.15) is 44.9 Å². The number of rotatable bonds is 6. The van der Waals surface area contributed by atoms with Crippen LogP contribution in [0.2, 0.25) is 0 Å². The van der Waals surface area contributed by atoms with Crippen molar-refractivity contribution < 1.29 is 14.7 Å². The van der Waals surface area contributed by atoms with E-state index in [0.29, 0.717) is 17.5 Å². The van der Waals surface area contributed by atoms with Gasteiger partial charge < -0.3 is 15.7 Å². The molecule has 20 heavy (non-hydrogen) atoms. The number of amides is 2. The zero-order valence-corrected chi connectivity index (χ0v) is 13.0. The normalized spacial score (nSPS) is 13.8. The van der Waals surface area contributed by atoms with Crippen LogP contribution in [0.4, 0.5) is 9.93 Å². The lowest BCUT2D eigenvalue weighted by Crippen LogP contribution is -2.47. The van der Waals surface area contributed by atoms with Gasteiger partial charge in [-0.15, -0.1) is 11.3 Å². The average molecular weight is 299 g/mol. The van der Waals surface area contributed by atoms with E-state index >= 15 is 0 Å². The third-order valence-electron chi connectivity index (χ3n) is 3.10. The molecule has 0 saturated heterocycles. The second-order valence-electron chi connectivity index (χ2n) is 5.02. The topological polar surface area (TPSA) is 91.3 Å². The van der Waals surface area contributed by atoms with E-state index in [1.165, 1.54) is 11.3 Å². The maximum Gasteiger partial charge on any atom is 0.405 e. The van der Waals surface area contributed by atoms with Gasteiger partial charge in [0.25, 0.3) is 0 Å². The molecule has 7 heteroatoms. The Morgan fingerprint density at radius 3 is 2.50 bits per heavy atom. The van der Waals surface area contributed by atoms with E-state index in [0.717, 1.165) is 4.88 Å². The summed E-state index contributed by atoms with van der Waals surface area (Å²) in [5.41, 5.74) is 0. The van der Waals surface area contributed by atoms with Crippen LogP contribution in [0.15, 0.2) is 6.20 Å². The Morgan fingerprint density at radius 1 is 1.40 bits per heavy atom. The van der Waals surface area contributed by atoms with Crippen LogP contribution in [0, 0.1) is 5.92 Å². The van der Waals surface area contributed by atoms with Gasteiger partial charge in [-0.3, -0.25) is 4.79 Å². The summed E-state index contributed by atoms with van der Waals surface area (Å²) >= 11 is 1.41. The van der Waals surface area contributed by atoms with Crippen molar-refractivity contribution in [1.82, 2.24) is 10.3 Å². The first kappa shape index (κ1) is 16.4. The molecular weight excluding hydrogens is 278 g/mol. The molecule has 0 fully saturated rings. The van der Waals surface area contributed by atoms with Gasteiger partial charge in [0.2, 0.25) is 5.91 Å². The second-order valence-corrected chi connectivity index (χ2v) is 6.09. The summed E-state index contributed by atoms with van der Waals surface area (Å²) in [7, 11) is 0. The minimum absolute atomic E-state index is 0.0874. The fourth-order valence-electron chi connectivity index (χ4n) is 1.63. The van der Waals surface area contributed by atoms with Gasteiger partial charge in [-0.25, -0.2) is 9.78 Å². The molecule has 1 aromatic rings. The number of nitrogens with zero attached hydrogens (tertiary/aromatic N) is 1. The van der Waals surface area contributed by atoms with Crippen LogP contribution in [0.25, 0.3) is 0 Å². The maximum atomic E-state index is 12.2. The van der Waals surface area contributed by atoms with Gasteiger partial charge in [-0.1, -0.05) is 34.1 Å². The van der Waals surface area contributed by atoms with Crippen LogP contribution in [0.3, 0.4) is 0 Å². The number of thiazole rings is 1. The van der Waals surface area contributed by atoms with Crippen molar-refractivity contribution in [3.63, 3.8) is 0 Å². The maximum absolute atomic E-state index is 12.2. The number of carboxylic acid groups (broad SMARTS) is 1. The lowest BCUT2D eigenvalue weighted by atomic mass is 9.99.